The fraction of sp³-hybridized carbons (Fsp3) is 0.0952. The average Bonchev–Trinajstić information content (AvgIpc) is 2.75. The first-order valence-electron chi connectivity index (χ1n) is 8.77. The third-order valence-corrected chi connectivity index (χ3v) is 4.32. The molecule has 1 aromatic carbocycles. The topological polar surface area (TPSA) is 89.8 Å². The largest absolute Gasteiger partial charge is 0.350 e. The molecule has 3 aromatic heterocycles. The Kier molecular flexibility index (Phi) is 4.88. The molecule has 0 fully saturated rings. The van der Waals surface area contributed by atoms with Crippen LogP contribution in [-0.4, -0.2) is 25.4 Å². The van der Waals surface area contributed by atoms with Crippen molar-refractivity contribution in [1.29, 1.82) is 0 Å². The number of aromatic nitrogens is 4. The standard InChI is InChI=1S/C21H17N5O2/c27-20(13-26-14-25-19-6-2-1-5-17(19)21(26)28)24-11-15-7-8-18(23-10-15)16-4-3-9-22-12-16/h1-10,12,14H,11,13H2,(H,24,27). The van der Waals surface area contributed by atoms with Crippen LogP contribution in [0.5, 0.6) is 0 Å². The van der Waals surface area contributed by atoms with Crippen molar-refractivity contribution < 1.29 is 4.79 Å². The molecule has 4 rings (SSSR count). The molecule has 0 radical (unpaired) electrons. The molecule has 0 bridgehead atoms. The van der Waals surface area contributed by atoms with Crippen LogP contribution in [0, 0.1) is 0 Å². The second-order valence-electron chi connectivity index (χ2n) is 6.26. The summed E-state index contributed by atoms with van der Waals surface area (Å²) in [6, 6.07) is 14.6. The molecule has 0 aliphatic carbocycles. The molecular weight excluding hydrogens is 354 g/mol. The molecule has 1 N–H and O–H groups in total. The number of carbonyl (C=O) groups is 1. The number of fused-ring (bicyclic) bond motifs is 1. The van der Waals surface area contributed by atoms with E-state index < -0.39 is 0 Å². The van der Waals surface area contributed by atoms with E-state index in [9.17, 15) is 9.59 Å². The lowest BCUT2D eigenvalue weighted by atomic mass is 10.1. The number of benzene rings is 1. The van der Waals surface area contributed by atoms with Gasteiger partial charge in [-0.1, -0.05) is 18.2 Å². The zero-order chi connectivity index (χ0) is 19.3. The van der Waals surface area contributed by atoms with Gasteiger partial charge in [-0.2, -0.15) is 0 Å². The predicted octanol–water partition coefficient (Wildman–Crippen LogP) is 2.17. The minimum atomic E-state index is -0.268. The summed E-state index contributed by atoms with van der Waals surface area (Å²) in [6.07, 6.45) is 6.57. The molecule has 0 spiro atoms. The number of pyridine rings is 2. The van der Waals surface area contributed by atoms with Gasteiger partial charge in [-0.05, 0) is 35.9 Å². The van der Waals surface area contributed by atoms with Crippen molar-refractivity contribution in [2.24, 2.45) is 0 Å². The summed E-state index contributed by atoms with van der Waals surface area (Å²) in [5, 5.41) is 3.30. The van der Waals surface area contributed by atoms with E-state index in [1.54, 1.807) is 36.8 Å². The first kappa shape index (κ1) is 17.5. The third-order valence-electron chi connectivity index (χ3n) is 4.32. The molecular formula is C21H17N5O2. The maximum absolute atomic E-state index is 12.4. The zero-order valence-corrected chi connectivity index (χ0v) is 14.9. The van der Waals surface area contributed by atoms with E-state index in [0.717, 1.165) is 16.8 Å². The highest BCUT2D eigenvalue weighted by atomic mass is 16.2. The van der Waals surface area contributed by atoms with Crippen LogP contribution in [0.3, 0.4) is 0 Å². The van der Waals surface area contributed by atoms with Crippen molar-refractivity contribution >= 4 is 16.8 Å². The summed E-state index contributed by atoms with van der Waals surface area (Å²) in [5.41, 5.74) is 3.00. The number of amides is 1. The summed E-state index contributed by atoms with van der Waals surface area (Å²) in [6.45, 7) is 0.243. The van der Waals surface area contributed by atoms with Crippen LogP contribution >= 0.6 is 0 Å². The Hall–Kier alpha value is -3.87. The fourth-order valence-corrected chi connectivity index (χ4v) is 2.84. The second kappa shape index (κ2) is 7.79. The minimum Gasteiger partial charge on any atom is -0.350 e. The molecule has 7 heteroatoms. The van der Waals surface area contributed by atoms with Gasteiger partial charge < -0.3 is 5.32 Å². The number of hydrogen-bond donors (Lipinski definition) is 1. The van der Waals surface area contributed by atoms with Gasteiger partial charge in [0.2, 0.25) is 5.91 Å². The highest BCUT2D eigenvalue weighted by molar-refractivity contribution is 5.78. The van der Waals surface area contributed by atoms with Gasteiger partial charge in [-0.25, -0.2) is 4.98 Å². The van der Waals surface area contributed by atoms with Crippen LogP contribution in [0.15, 0.2) is 78.2 Å². The first-order chi connectivity index (χ1) is 13.7. The molecule has 0 saturated heterocycles. The van der Waals surface area contributed by atoms with Gasteiger partial charge in [-0.3, -0.25) is 24.1 Å². The van der Waals surface area contributed by atoms with Crippen LogP contribution in [0.25, 0.3) is 22.2 Å². The Morgan fingerprint density at radius 3 is 2.68 bits per heavy atom. The van der Waals surface area contributed by atoms with Gasteiger partial charge in [0.25, 0.3) is 5.56 Å². The highest BCUT2D eigenvalue weighted by Crippen LogP contribution is 2.15. The Labute approximate surface area is 160 Å². The molecule has 0 saturated carbocycles. The third kappa shape index (κ3) is 3.78. The Balaban J connectivity index is 1.40. The van der Waals surface area contributed by atoms with Crippen molar-refractivity contribution in [3.63, 3.8) is 0 Å². The number of para-hydroxylation sites is 1. The quantitative estimate of drug-likeness (QED) is 0.581. The van der Waals surface area contributed by atoms with Gasteiger partial charge in [0.15, 0.2) is 0 Å². The van der Waals surface area contributed by atoms with Crippen molar-refractivity contribution in [3.05, 3.63) is 89.4 Å². The lowest BCUT2D eigenvalue weighted by molar-refractivity contribution is -0.121. The number of nitrogens with zero attached hydrogens (tertiary/aromatic N) is 4. The lowest BCUT2D eigenvalue weighted by Gasteiger charge is -2.08. The molecule has 28 heavy (non-hydrogen) atoms. The van der Waals surface area contributed by atoms with E-state index in [2.05, 4.69) is 20.3 Å². The molecule has 4 aromatic rings. The predicted molar refractivity (Wildman–Crippen MR) is 105 cm³/mol. The van der Waals surface area contributed by atoms with E-state index in [4.69, 9.17) is 0 Å². The van der Waals surface area contributed by atoms with E-state index in [0.29, 0.717) is 17.4 Å². The monoisotopic (exact) mass is 371 g/mol. The Morgan fingerprint density at radius 1 is 1.00 bits per heavy atom. The van der Waals surface area contributed by atoms with Crippen molar-refractivity contribution in [2.45, 2.75) is 13.1 Å². The van der Waals surface area contributed by atoms with Crippen LogP contribution in [-0.2, 0) is 17.9 Å². The zero-order valence-electron chi connectivity index (χ0n) is 14.9. The van der Waals surface area contributed by atoms with Gasteiger partial charge in [0, 0.05) is 30.7 Å². The maximum Gasteiger partial charge on any atom is 0.261 e. The number of hydrogen-bond acceptors (Lipinski definition) is 5. The highest BCUT2D eigenvalue weighted by Gasteiger charge is 2.08. The summed E-state index contributed by atoms with van der Waals surface area (Å²) in [7, 11) is 0. The molecule has 1 amide bonds. The summed E-state index contributed by atoms with van der Waals surface area (Å²) in [4.78, 5) is 37.4. The van der Waals surface area contributed by atoms with Crippen LogP contribution in [0.2, 0.25) is 0 Å². The van der Waals surface area contributed by atoms with Crippen molar-refractivity contribution in [1.82, 2.24) is 24.8 Å². The number of carbonyl (C=O) groups excluding carboxylic acids is 1. The SMILES string of the molecule is O=C(Cn1cnc2ccccc2c1=O)NCc1ccc(-c2cccnc2)nc1. The smallest absolute Gasteiger partial charge is 0.261 e. The summed E-state index contributed by atoms with van der Waals surface area (Å²) < 4.78 is 1.31. The molecule has 0 atom stereocenters. The Morgan fingerprint density at radius 2 is 1.89 bits per heavy atom. The van der Waals surface area contributed by atoms with E-state index in [1.165, 1.54) is 10.9 Å². The van der Waals surface area contributed by atoms with Gasteiger partial charge in [0.05, 0.1) is 22.9 Å². The molecule has 138 valence electrons. The Bertz CT molecular complexity index is 1170. The molecule has 0 unspecified atom stereocenters. The van der Waals surface area contributed by atoms with E-state index in [-0.39, 0.29) is 18.0 Å². The van der Waals surface area contributed by atoms with Crippen LogP contribution < -0.4 is 10.9 Å². The average molecular weight is 371 g/mol. The van der Waals surface area contributed by atoms with Crippen molar-refractivity contribution in [2.75, 3.05) is 0 Å². The number of nitrogens with one attached hydrogen (secondary N) is 1. The molecule has 7 nitrogen and oxygen atoms in total. The minimum absolute atomic E-state index is 0.0855. The summed E-state index contributed by atoms with van der Waals surface area (Å²) in [5.74, 6) is -0.268. The van der Waals surface area contributed by atoms with E-state index >= 15 is 0 Å². The van der Waals surface area contributed by atoms with Gasteiger partial charge in [-0.15, -0.1) is 0 Å². The molecule has 3 heterocycles. The number of rotatable bonds is 5. The van der Waals surface area contributed by atoms with Crippen LogP contribution in [0.4, 0.5) is 0 Å². The van der Waals surface area contributed by atoms with Gasteiger partial charge in [0.1, 0.15) is 6.54 Å². The molecule has 0 aliphatic rings. The fourth-order valence-electron chi connectivity index (χ4n) is 2.84. The lowest BCUT2D eigenvalue weighted by Crippen LogP contribution is -2.32. The van der Waals surface area contributed by atoms with Crippen LogP contribution in [0.1, 0.15) is 5.56 Å². The second-order valence-corrected chi connectivity index (χ2v) is 6.26. The van der Waals surface area contributed by atoms with E-state index in [1.807, 2.05) is 30.3 Å². The maximum atomic E-state index is 12.4. The first-order valence-corrected chi connectivity index (χ1v) is 8.77. The van der Waals surface area contributed by atoms with Gasteiger partial charge >= 0.3 is 0 Å². The summed E-state index contributed by atoms with van der Waals surface area (Å²) >= 11 is 0. The normalized spacial score (nSPS) is 10.7. The van der Waals surface area contributed by atoms with Crippen molar-refractivity contribution in [3.8, 4) is 11.3 Å². The molecule has 0 aliphatic heterocycles.